The summed E-state index contributed by atoms with van der Waals surface area (Å²) in [4.78, 5) is 33.7. The van der Waals surface area contributed by atoms with Gasteiger partial charge in [0.25, 0.3) is 0 Å². The molecule has 1 aromatic heterocycles. The number of carbonyl (C=O) groups excluding carboxylic acids is 1. The van der Waals surface area contributed by atoms with Gasteiger partial charge in [0.05, 0.1) is 0 Å². The second kappa shape index (κ2) is 4.63. The summed E-state index contributed by atoms with van der Waals surface area (Å²) >= 11 is 0. The predicted octanol–water partition coefficient (Wildman–Crippen LogP) is -0.865. The molecule has 0 radical (unpaired) electrons. The van der Waals surface area contributed by atoms with Crippen molar-refractivity contribution >= 4 is 5.91 Å². The van der Waals surface area contributed by atoms with E-state index in [4.69, 9.17) is 0 Å². The summed E-state index contributed by atoms with van der Waals surface area (Å²) in [6.45, 7) is 1.95. The maximum atomic E-state index is 11.3. The highest BCUT2D eigenvalue weighted by Crippen LogP contribution is 1.92. The van der Waals surface area contributed by atoms with E-state index >= 15 is 0 Å². The highest BCUT2D eigenvalue weighted by Gasteiger charge is 2.08. The van der Waals surface area contributed by atoms with Gasteiger partial charge in [-0.3, -0.25) is 10.2 Å². The van der Waals surface area contributed by atoms with E-state index in [0.717, 1.165) is 17.5 Å². The van der Waals surface area contributed by atoms with Gasteiger partial charge in [-0.25, -0.2) is 19.4 Å². The smallest absolute Gasteiger partial charge is 0.273 e. The molecule has 0 spiro atoms. The molecule has 1 aromatic rings. The Hall–Kier alpha value is -1.79. The van der Waals surface area contributed by atoms with Crippen LogP contribution >= 0.6 is 0 Å². The summed E-state index contributed by atoms with van der Waals surface area (Å²) < 4.78 is 1.67. The van der Waals surface area contributed by atoms with Crippen LogP contribution in [-0.2, 0) is 11.8 Å². The Morgan fingerprint density at radius 3 is 2.60 bits per heavy atom. The van der Waals surface area contributed by atoms with Gasteiger partial charge in [-0.1, -0.05) is 13.3 Å². The first-order chi connectivity index (χ1) is 7.06. The van der Waals surface area contributed by atoms with Crippen LogP contribution < -0.4 is 16.8 Å². The number of carbonyl (C=O) groups is 1. The fourth-order valence-electron chi connectivity index (χ4n) is 1.09. The standard InChI is InChI=1S/C8H14N4O3/c1-3-4-5-6(13)9-12-7(14)10-11(2)8(12)15/h3-5H2,1-2H3,(H,9,13)(H,10,14). The average Bonchev–Trinajstić information content (AvgIpc) is 2.42. The molecule has 7 heteroatoms. The molecule has 2 N–H and O–H groups in total. The molecule has 0 aromatic carbocycles. The molecule has 84 valence electrons. The monoisotopic (exact) mass is 214 g/mol. The first-order valence-corrected chi connectivity index (χ1v) is 4.74. The van der Waals surface area contributed by atoms with E-state index in [1.54, 1.807) is 0 Å². The van der Waals surface area contributed by atoms with Crippen molar-refractivity contribution in [2.45, 2.75) is 26.2 Å². The number of rotatable bonds is 4. The van der Waals surface area contributed by atoms with Crippen molar-refractivity contribution in [1.82, 2.24) is 14.5 Å². The number of aromatic amines is 1. The van der Waals surface area contributed by atoms with Crippen LogP contribution in [0.25, 0.3) is 0 Å². The Bertz CT molecular complexity index is 453. The van der Waals surface area contributed by atoms with Crippen LogP contribution in [0, 0.1) is 0 Å². The van der Waals surface area contributed by atoms with E-state index in [9.17, 15) is 14.4 Å². The molecule has 0 fully saturated rings. The Morgan fingerprint density at radius 1 is 1.47 bits per heavy atom. The summed E-state index contributed by atoms with van der Waals surface area (Å²) in [6.07, 6.45) is 1.91. The van der Waals surface area contributed by atoms with Gasteiger partial charge in [-0.2, -0.15) is 0 Å². The summed E-state index contributed by atoms with van der Waals surface area (Å²) in [5.41, 5.74) is 0.996. The summed E-state index contributed by atoms with van der Waals surface area (Å²) in [7, 11) is 1.40. The van der Waals surface area contributed by atoms with Gasteiger partial charge >= 0.3 is 11.4 Å². The van der Waals surface area contributed by atoms with E-state index in [2.05, 4.69) is 10.5 Å². The molecular formula is C8H14N4O3. The van der Waals surface area contributed by atoms with Crippen LogP contribution in [0.4, 0.5) is 0 Å². The van der Waals surface area contributed by atoms with Crippen molar-refractivity contribution in [3.05, 3.63) is 21.0 Å². The van der Waals surface area contributed by atoms with Gasteiger partial charge < -0.3 is 0 Å². The van der Waals surface area contributed by atoms with Gasteiger partial charge in [0.2, 0.25) is 5.91 Å². The lowest BCUT2D eigenvalue weighted by Crippen LogP contribution is -2.39. The normalized spacial score (nSPS) is 10.3. The predicted molar refractivity (Wildman–Crippen MR) is 54.2 cm³/mol. The fraction of sp³-hybridized carbons (Fsp3) is 0.625. The number of unbranched alkanes of at least 4 members (excludes halogenated alkanes) is 1. The van der Waals surface area contributed by atoms with E-state index < -0.39 is 11.4 Å². The van der Waals surface area contributed by atoms with Gasteiger partial charge in [0, 0.05) is 13.5 Å². The van der Waals surface area contributed by atoms with E-state index in [1.807, 2.05) is 6.92 Å². The average molecular weight is 214 g/mol. The van der Waals surface area contributed by atoms with Crippen LogP contribution in [0.2, 0.25) is 0 Å². The lowest BCUT2D eigenvalue weighted by atomic mass is 10.2. The number of hydrogen-bond donors (Lipinski definition) is 2. The van der Waals surface area contributed by atoms with Gasteiger partial charge in [-0.05, 0) is 6.42 Å². The Balaban J connectivity index is 2.77. The number of amides is 1. The molecule has 1 heterocycles. The van der Waals surface area contributed by atoms with Gasteiger partial charge in [0.1, 0.15) is 0 Å². The Morgan fingerprint density at radius 2 is 2.13 bits per heavy atom. The van der Waals surface area contributed by atoms with Crippen molar-refractivity contribution in [2.24, 2.45) is 7.05 Å². The fourth-order valence-corrected chi connectivity index (χ4v) is 1.09. The quantitative estimate of drug-likeness (QED) is 0.683. The van der Waals surface area contributed by atoms with Crippen molar-refractivity contribution in [3.8, 4) is 0 Å². The molecule has 0 bridgehead atoms. The molecule has 0 saturated carbocycles. The molecule has 15 heavy (non-hydrogen) atoms. The zero-order chi connectivity index (χ0) is 11.4. The number of hydrogen-bond acceptors (Lipinski definition) is 3. The molecule has 0 atom stereocenters. The van der Waals surface area contributed by atoms with Gasteiger partial charge in [0.15, 0.2) is 0 Å². The minimum Gasteiger partial charge on any atom is -0.273 e. The van der Waals surface area contributed by atoms with Crippen LogP contribution in [-0.4, -0.2) is 20.4 Å². The van der Waals surface area contributed by atoms with Crippen molar-refractivity contribution in [2.75, 3.05) is 5.43 Å². The third kappa shape index (κ3) is 2.58. The number of aromatic nitrogens is 3. The number of H-pyrrole nitrogens is 1. The maximum Gasteiger partial charge on any atom is 0.366 e. The van der Waals surface area contributed by atoms with Crippen molar-refractivity contribution in [1.29, 1.82) is 0 Å². The minimum atomic E-state index is -0.646. The lowest BCUT2D eigenvalue weighted by molar-refractivity contribution is -0.117. The van der Waals surface area contributed by atoms with Crippen LogP contribution in [0.15, 0.2) is 9.59 Å². The Labute approximate surface area is 85.7 Å². The highest BCUT2D eigenvalue weighted by molar-refractivity contribution is 5.83. The first kappa shape index (κ1) is 11.3. The number of nitrogens with zero attached hydrogens (tertiary/aromatic N) is 2. The molecule has 0 aliphatic rings. The SMILES string of the molecule is CCCCC(=O)Nn1c(=O)[nH]n(C)c1=O. The third-order valence-electron chi connectivity index (χ3n) is 1.94. The molecule has 0 aliphatic carbocycles. The summed E-state index contributed by atoms with van der Waals surface area (Å²) in [5.74, 6) is -0.337. The third-order valence-corrected chi connectivity index (χ3v) is 1.94. The number of aryl methyl sites for hydroxylation is 1. The zero-order valence-corrected chi connectivity index (χ0v) is 8.74. The van der Waals surface area contributed by atoms with Crippen molar-refractivity contribution < 1.29 is 4.79 Å². The molecule has 7 nitrogen and oxygen atoms in total. The first-order valence-electron chi connectivity index (χ1n) is 4.74. The van der Waals surface area contributed by atoms with Crippen LogP contribution in [0.3, 0.4) is 0 Å². The molecule has 0 aliphatic heterocycles. The van der Waals surface area contributed by atoms with Crippen LogP contribution in [0.1, 0.15) is 26.2 Å². The van der Waals surface area contributed by atoms with E-state index in [1.165, 1.54) is 7.05 Å². The molecular weight excluding hydrogens is 200 g/mol. The topological polar surface area (TPSA) is 88.9 Å². The second-order valence-corrected chi connectivity index (χ2v) is 3.23. The zero-order valence-electron chi connectivity index (χ0n) is 8.74. The largest absolute Gasteiger partial charge is 0.366 e. The summed E-state index contributed by atoms with van der Waals surface area (Å²) in [6, 6.07) is 0. The second-order valence-electron chi connectivity index (χ2n) is 3.23. The number of nitrogens with one attached hydrogen (secondary N) is 2. The lowest BCUT2D eigenvalue weighted by Gasteiger charge is -2.01. The van der Waals surface area contributed by atoms with Gasteiger partial charge in [-0.15, -0.1) is 4.68 Å². The molecule has 0 saturated heterocycles. The summed E-state index contributed by atoms with van der Waals surface area (Å²) in [5, 5.41) is 2.23. The molecule has 1 rings (SSSR count). The van der Waals surface area contributed by atoms with E-state index in [-0.39, 0.29) is 5.91 Å². The molecule has 1 amide bonds. The Kier molecular flexibility index (Phi) is 3.48. The highest BCUT2D eigenvalue weighted by atomic mass is 16.2. The van der Waals surface area contributed by atoms with Crippen LogP contribution in [0.5, 0.6) is 0 Å². The molecule has 0 unspecified atom stereocenters. The van der Waals surface area contributed by atoms with E-state index in [0.29, 0.717) is 11.1 Å². The minimum absolute atomic E-state index is 0.303. The van der Waals surface area contributed by atoms with Crippen molar-refractivity contribution in [3.63, 3.8) is 0 Å². The maximum absolute atomic E-state index is 11.3.